The molecule has 3 rings (SSSR count). The Kier molecular flexibility index (Phi) is 3.63. The van der Waals surface area contributed by atoms with Gasteiger partial charge in [0.15, 0.2) is 0 Å². The Labute approximate surface area is 122 Å². The van der Waals surface area contributed by atoms with Crippen molar-refractivity contribution in [2.24, 2.45) is 0 Å². The number of nitrogens with zero attached hydrogens (tertiary/aromatic N) is 2. The quantitative estimate of drug-likeness (QED) is 0.897. The second-order valence-corrected chi connectivity index (χ2v) is 5.29. The molecule has 0 aliphatic carbocycles. The number of benzene rings is 1. The number of hydrogen-bond acceptors (Lipinski definition) is 3. The van der Waals surface area contributed by atoms with E-state index in [2.05, 4.69) is 27.1 Å². The molecular weight excluding hydrogens is 276 g/mol. The Balaban J connectivity index is 1.98. The van der Waals surface area contributed by atoms with Crippen LogP contribution in [0.25, 0.3) is 11.0 Å². The smallest absolute Gasteiger partial charge is 0.237 e. The Bertz CT molecular complexity index is 652. The van der Waals surface area contributed by atoms with Crippen LogP contribution in [-0.2, 0) is 17.8 Å². The lowest BCUT2D eigenvalue weighted by Crippen LogP contribution is -2.54. The molecule has 0 saturated carbocycles. The molecule has 1 aromatic carbocycles. The standard InChI is InChI=1S/C14H17ClN4O/c1-2-19-12(8-11-14(20)17-7-6-16-11)18-10-5-3-4-9(15)13(10)19/h3-5,11,16H,2,6-8H2,1H3,(H,17,20). The second kappa shape index (κ2) is 5.42. The van der Waals surface area contributed by atoms with Crippen molar-refractivity contribution in [3.8, 4) is 0 Å². The fraction of sp³-hybridized carbons (Fsp3) is 0.429. The normalized spacial score (nSPS) is 19.3. The molecule has 2 aromatic rings. The maximum atomic E-state index is 11.8. The van der Waals surface area contributed by atoms with Gasteiger partial charge in [-0.25, -0.2) is 4.98 Å². The molecule has 1 amide bonds. The molecule has 1 atom stereocenters. The summed E-state index contributed by atoms with van der Waals surface area (Å²) in [5.74, 6) is 0.933. The lowest BCUT2D eigenvalue weighted by Gasteiger charge is -2.23. The number of aromatic nitrogens is 2. The number of fused-ring (bicyclic) bond motifs is 1. The number of amides is 1. The highest BCUT2D eigenvalue weighted by Gasteiger charge is 2.24. The maximum absolute atomic E-state index is 11.8. The molecule has 1 fully saturated rings. The van der Waals surface area contributed by atoms with Crippen LogP contribution < -0.4 is 10.6 Å². The van der Waals surface area contributed by atoms with Crippen LogP contribution in [0, 0.1) is 0 Å². The van der Waals surface area contributed by atoms with Crippen LogP contribution in [0.15, 0.2) is 18.2 Å². The topological polar surface area (TPSA) is 59.0 Å². The minimum absolute atomic E-state index is 0.0389. The number of nitrogens with one attached hydrogen (secondary N) is 2. The molecule has 20 heavy (non-hydrogen) atoms. The Morgan fingerprint density at radius 1 is 1.45 bits per heavy atom. The molecular formula is C14H17ClN4O. The van der Waals surface area contributed by atoms with Crippen LogP contribution >= 0.6 is 11.6 Å². The summed E-state index contributed by atoms with van der Waals surface area (Å²) in [6.07, 6.45) is 0.574. The third kappa shape index (κ3) is 2.27. The number of carbonyl (C=O) groups excluding carboxylic acids is 1. The number of hydrogen-bond donors (Lipinski definition) is 2. The number of para-hydroxylation sites is 1. The molecule has 1 saturated heterocycles. The molecule has 0 spiro atoms. The molecule has 6 heteroatoms. The van der Waals surface area contributed by atoms with Gasteiger partial charge in [-0.1, -0.05) is 17.7 Å². The zero-order chi connectivity index (χ0) is 14.1. The van der Waals surface area contributed by atoms with Crippen molar-refractivity contribution < 1.29 is 4.79 Å². The highest BCUT2D eigenvalue weighted by molar-refractivity contribution is 6.35. The average Bonchev–Trinajstić information content (AvgIpc) is 2.80. The minimum atomic E-state index is -0.218. The first-order chi connectivity index (χ1) is 9.70. The van der Waals surface area contributed by atoms with E-state index in [4.69, 9.17) is 11.6 Å². The number of imidazole rings is 1. The largest absolute Gasteiger partial charge is 0.353 e. The van der Waals surface area contributed by atoms with Crippen molar-refractivity contribution in [1.29, 1.82) is 0 Å². The van der Waals surface area contributed by atoms with Gasteiger partial charge in [0.05, 0.1) is 22.1 Å². The molecule has 0 radical (unpaired) electrons. The predicted molar refractivity (Wildman–Crippen MR) is 78.9 cm³/mol. The van der Waals surface area contributed by atoms with Gasteiger partial charge in [-0.15, -0.1) is 0 Å². The van der Waals surface area contributed by atoms with Crippen LogP contribution in [0.4, 0.5) is 0 Å². The van der Waals surface area contributed by atoms with E-state index in [1.807, 2.05) is 18.2 Å². The second-order valence-electron chi connectivity index (χ2n) is 4.88. The Hall–Kier alpha value is -1.59. The van der Waals surface area contributed by atoms with E-state index in [-0.39, 0.29) is 11.9 Å². The van der Waals surface area contributed by atoms with E-state index in [0.29, 0.717) is 18.0 Å². The third-order valence-corrected chi connectivity index (χ3v) is 3.94. The van der Waals surface area contributed by atoms with Crippen molar-refractivity contribution in [2.45, 2.75) is 25.9 Å². The highest BCUT2D eigenvalue weighted by Crippen LogP contribution is 2.25. The van der Waals surface area contributed by atoms with Gasteiger partial charge in [0, 0.05) is 26.1 Å². The predicted octanol–water partition coefficient (Wildman–Crippen LogP) is 1.34. The van der Waals surface area contributed by atoms with Gasteiger partial charge in [0.2, 0.25) is 5.91 Å². The summed E-state index contributed by atoms with van der Waals surface area (Å²) in [5, 5.41) is 6.80. The molecule has 2 heterocycles. The Morgan fingerprint density at radius 3 is 3.05 bits per heavy atom. The fourth-order valence-electron chi connectivity index (χ4n) is 2.68. The summed E-state index contributed by atoms with van der Waals surface area (Å²) in [6.45, 7) is 4.32. The summed E-state index contributed by atoms with van der Waals surface area (Å²) >= 11 is 6.27. The molecule has 1 aliphatic rings. The highest BCUT2D eigenvalue weighted by atomic mass is 35.5. The summed E-state index contributed by atoms with van der Waals surface area (Å²) in [4.78, 5) is 16.5. The molecule has 1 aliphatic heterocycles. The van der Waals surface area contributed by atoms with Gasteiger partial charge in [-0.05, 0) is 19.1 Å². The molecule has 1 aromatic heterocycles. The van der Waals surface area contributed by atoms with Crippen molar-refractivity contribution >= 4 is 28.5 Å². The molecule has 2 N–H and O–H groups in total. The van der Waals surface area contributed by atoms with Crippen molar-refractivity contribution in [3.63, 3.8) is 0 Å². The lowest BCUT2D eigenvalue weighted by molar-refractivity contribution is -0.124. The summed E-state index contributed by atoms with van der Waals surface area (Å²) < 4.78 is 2.08. The van der Waals surface area contributed by atoms with Crippen LogP contribution in [0.1, 0.15) is 12.7 Å². The van der Waals surface area contributed by atoms with Gasteiger partial charge in [-0.2, -0.15) is 0 Å². The van der Waals surface area contributed by atoms with Crippen LogP contribution in [0.2, 0.25) is 5.02 Å². The van der Waals surface area contributed by atoms with Crippen molar-refractivity contribution in [1.82, 2.24) is 20.2 Å². The summed E-state index contributed by atoms with van der Waals surface area (Å²) in [5.41, 5.74) is 1.83. The number of rotatable bonds is 3. The van der Waals surface area contributed by atoms with Crippen LogP contribution in [-0.4, -0.2) is 34.6 Å². The number of piperazine rings is 1. The van der Waals surface area contributed by atoms with E-state index in [1.54, 1.807) is 0 Å². The number of carbonyl (C=O) groups is 1. The van der Waals surface area contributed by atoms with E-state index in [9.17, 15) is 4.79 Å². The monoisotopic (exact) mass is 292 g/mol. The molecule has 1 unspecified atom stereocenters. The molecule has 106 valence electrons. The maximum Gasteiger partial charge on any atom is 0.237 e. The first kappa shape index (κ1) is 13.4. The average molecular weight is 293 g/mol. The minimum Gasteiger partial charge on any atom is -0.353 e. The zero-order valence-corrected chi connectivity index (χ0v) is 12.1. The number of halogens is 1. The SMILES string of the molecule is CCn1c(CC2NCCNC2=O)nc2cccc(Cl)c21. The van der Waals surface area contributed by atoms with E-state index in [0.717, 1.165) is 29.9 Å². The van der Waals surface area contributed by atoms with Gasteiger partial charge in [-0.3, -0.25) is 4.79 Å². The zero-order valence-electron chi connectivity index (χ0n) is 11.3. The van der Waals surface area contributed by atoms with E-state index in [1.165, 1.54) is 0 Å². The van der Waals surface area contributed by atoms with Gasteiger partial charge < -0.3 is 15.2 Å². The van der Waals surface area contributed by atoms with E-state index < -0.39 is 0 Å². The van der Waals surface area contributed by atoms with E-state index >= 15 is 0 Å². The van der Waals surface area contributed by atoms with Crippen LogP contribution in [0.3, 0.4) is 0 Å². The van der Waals surface area contributed by atoms with Crippen LogP contribution in [0.5, 0.6) is 0 Å². The third-order valence-electron chi connectivity index (χ3n) is 3.63. The van der Waals surface area contributed by atoms with Gasteiger partial charge >= 0.3 is 0 Å². The number of aryl methyl sites for hydroxylation is 1. The fourth-order valence-corrected chi connectivity index (χ4v) is 2.95. The molecule has 5 nitrogen and oxygen atoms in total. The lowest BCUT2D eigenvalue weighted by atomic mass is 10.1. The summed E-state index contributed by atoms with van der Waals surface area (Å²) in [7, 11) is 0. The summed E-state index contributed by atoms with van der Waals surface area (Å²) in [6, 6.07) is 5.50. The first-order valence-electron chi connectivity index (χ1n) is 6.85. The Morgan fingerprint density at radius 2 is 2.30 bits per heavy atom. The molecule has 0 bridgehead atoms. The van der Waals surface area contributed by atoms with Crippen molar-refractivity contribution in [2.75, 3.05) is 13.1 Å². The first-order valence-corrected chi connectivity index (χ1v) is 7.23. The van der Waals surface area contributed by atoms with Gasteiger partial charge in [0.1, 0.15) is 5.82 Å². The van der Waals surface area contributed by atoms with Crippen molar-refractivity contribution in [3.05, 3.63) is 29.0 Å². The van der Waals surface area contributed by atoms with Gasteiger partial charge in [0.25, 0.3) is 0 Å².